The molecule has 2 heteroatoms. The first-order chi connectivity index (χ1) is 13.6. The molecule has 0 aromatic heterocycles. The first kappa shape index (κ1) is 22.0. The van der Waals surface area contributed by atoms with Crippen molar-refractivity contribution in [2.75, 3.05) is 7.11 Å². The third-order valence-corrected chi connectivity index (χ3v) is 5.87. The summed E-state index contributed by atoms with van der Waals surface area (Å²) >= 11 is 0. The minimum atomic E-state index is 0. The van der Waals surface area contributed by atoms with Gasteiger partial charge in [0, 0.05) is 32.7 Å². The molecule has 3 aromatic rings. The molecule has 1 atom stereocenters. The molecule has 1 nitrogen and oxygen atoms in total. The number of rotatable bonds is 4. The van der Waals surface area contributed by atoms with Crippen LogP contribution in [0.2, 0.25) is 0 Å². The van der Waals surface area contributed by atoms with Crippen LogP contribution in [-0.4, -0.2) is 7.11 Å². The predicted octanol–water partition coefficient (Wildman–Crippen LogP) is 7.13. The standard InChI is InChI=1S/C27H27O.Y/c1-19-4-6-24(7-5-19)27-17-14-25(18-20(27)2)23-10-8-21(9-11-23)22-12-15-26(28-3)16-13-22;/h4,6-7,10,12-18,21H,8-9,11H2,1-3H3;/q-1;. The number of benzene rings is 3. The van der Waals surface area contributed by atoms with E-state index < -0.39 is 0 Å². The Morgan fingerprint density at radius 1 is 0.931 bits per heavy atom. The maximum Gasteiger partial charge on any atom is 0.118 e. The molecule has 3 aromatic carbocycles. The third-order valence-electron chi connectivity index (χ3n) is 5.87. The topological polar surface area (TPSA) is 9.23 Å². The number of ether oxygens (including phenoxy) is 1. The van der Waals surface area contributed by atoms with Gasteiger partial charge in [0.1, 0.15) is 5.75 Å². The minimum absolute atomic E-state index is 0. The maximum absolute atomic E-state index is 5.28. The van der Waals surface area contributed by atoms with Gasteiger partial charge in [-0.3, -0.25) is 0 Å². The van der Waals surface area contributed by atoms with Gasteiger partial charge in [-0.25, -0.2) is 0 Å². The summed E-state index contributed by atoms with van der Waals surface area (Å²) in [5.74, 6) is 1.54. The summed E-state index contributed by atoms with van der Waals surface area (Å²) in [5.41, 5.74) is 9.31. The number of hydrogen-bond donors (Lipinski definition) is 0. The second kappa shape index (κ2) is 9.87. The van der Waals surface area contributed by atoms with Crippen LogP contribution in [0, 0.1) is 19.9 Å². The molecule has 0 saturated heterocycles. The van der Waals surface area contributed by atoms with Gasteiger partial charge in [-0.05, 0) is 60.9 Å². The van der Waals surface area contributed by atoms with Gasteiger partial charge in [-0.2, -0.15) is 29.8 Å². The van der Waals surface area contributed by atoms with Crippen LogP contribution in [0.5, 0.6) is 5.75 Å². The first-order valence-corrected chi connectivity index (χ1v) is 10.1. The van der Waals surface area contributed by atoms with E-state index in [-0.39, 0.29) is 32.7 Å². The molecule has 29 heavy (non-hydrogen) atoms. The van der Waals surface area contributed by atoms with E-state index in [1.54, 1.807) is 7.11 Å². The van der Waals surface area contributed by atoms with Gasteiger partial charge >= 0.3 is 0 Å². The normalized spacial score (nSPS) is 16.0. The third kappa shape index (κ3) is 5.08. The quantitative estimate of drug-likeness (QED) is 0.380. The molecule has 4 rings (SSSR count). The van der Waals surface area contributed by atoms with Crippen LogP contribution in [0.25, 0.3) is 16.7 Å². The van der Waals surface area contributed by atoms with Crippen LogP contribution in [0.15, 0.2) is 66.7 Å². The predicted molar refractivity (Wildman–Crippen MR) is 118 cm³/mol. The molecule has 0 N–H and O–H groups in total. The van der Waals surface area contributed by atoms with Crippen molar-refractivity contribution in [1.82, 2.24) is 0 Å². The molecular weight excluding hydrogens is 429 g/mol. The van der Waals surface area contributed by atoms with E-state index in [0.717, 1.165) is 18.6 Å². The van der Waals surface area contributed by atoms with Crippen LogP contribution in [0.3, 0.4) is 0 Å². The van der Waals surface area contributed by atoms with Crippen molar-refractivity contribution in [3.05, 3.63) is 95.1 Å². The zero-order chi connectivity index (χ0) is 19.5. The molecule has 1 radical (unpaired) electrons. The molecule has 0 amide bonds. The summed E-state index contributed by atoms with van der Waals surface area (Å²) in [5, 5.41) is 0. The zero-order valence-electron chi connectivity index (χ0n) is 17.5. The summed E-state index contributed by atoms with van der Waals surface area (Å²) in [7, 11) is 1.72. The average molecular weight is 456 g/mol. The zero-order valence-corrected chi connectivity index (χ0v) is 20.4. The summed E-state index contributed by atoms with van der Waals surface area (Å²) in [6.45, 7) is 4.29. The van der Waals surface area contributed by atoms with Crippen LogP contribution in [0.1, 0.15) is 47.4 Å². The van der Waals surface area contributed by atoms with E-state index in [1.165, 1.54) is 45.4 Å². The Balaban J connectivity index is 0.00000240. The van der Waals surface area contributed by atoms with Crippen molar-refractivity contribution in [2.45, 2.75) is 39.0 Å². The second-order valence-corrected chi connectivity index (χ2v) is 7.76. The molecule has 0 bridgehead atoms. The molecule has 1 aliphatic rings. The Bertz CT molecular complexity index is 984. The first-order valence-electron chi connectivity index (χ1n) is 10.1. The number of allylic oxidation sites excluding steroid dienone is 2. The fraction of sp³-hybridized carbons (Fsp3) is 0.259. The van der Waals surface area contributed by atoms with Gasteiger partial charge in [0.05, 0.1) is 7.11 Å². The number of hydrogen-bond acceptors (Lipinski definition) is 1. The van der Waals surface area contributed by atoms with Gasteiger partial charge in [-0.15, -0.1) is 5.56 Å². The number of methoxy groups -OCH3 is 1. The Kier molecular flexibility index (Phi) is 7.49. The van der Waals surface area contributed by atoms with E-state index >= 15 is 0 Å². The van der Waals surface area contributed by atoms with Crippen molar-refractivity contribution in [2.24, 2.45) is 0 Å². The largest absolute Gasteiger partial charge is 0.497 e. The molecule has 0 spiro atoms. The monoisotopic (exact) mass is 456 g/mol. The van der Waals surface area contributed by atoms with Crippen LogP contribution < -0.4 is 4.74 Å². The molecular formula is C27H27OY-. The van der Waals surface area contributed by atoms with E-state index in [0.29, 0.717) is 5.92 Å². The van der Waals surface area contributed by atoms with Crippen molar-refractivity contribution in [3.8, 4) is 16.9 Å². The van der Waals surface area contributed by atoms with Crippen molar-refractivity contribution < 1.29 is 37.4 Å². The Labute approximate surface area is 200 Å². The number of aryl methyl sites for hydroxylation is 2. The molecule has 0 heterocycles. The molecule has 0 fully saturated rings. The van der Waals surface area contributed by atoms with Crippen molar-refractivity contribution >= 4 is 5.57 Å². The van der Waals surface area contributed by atoms with Gasteiger partial charge in [-0.1, -0.05) is 54.5 Å². The van der Waals surface area contributed by atoms with Gasteiger partial charge in [0.15, 0.2) is 0 Å². The average Bonchev–Trinajstić information content (AvgIpc) is 2.75. The van der Waals surface area contributed by atoms with Gasteiger partial charge in [0.2, 0.25) is 0 Å². The molecule has 1 unspecified atom stereocenters. The molecule has 145 valence electrons. The van der Waals surface area contributed by atoms with E-state index in [4.69, 9.17) is 4.74 Å². The summed E-state index contributed by atoms with van der Waals surface area (Å²) in [6, 6.07) is 25.2. The van der Waals surface area contributed by atoms with Crippen molar-refractivity contribution in [1.29, 1.82) is 0 Å². The Morgan fingerprint density at radius 3 is 2.28 bits per heavy atom. The van der Waals surface area contributed by atoms with Crippen LogP contribution >= 0.6 is 0 Å². The summed E-state index contributed by atoms with van der Waals surface area (Å²) < 4.78 is 5.28. The van der Waals surface area contributed by atoms with E-state index in [2.05, 4.69) is 86.7 Å². The smallest absolute Gasteiger partial charge is 0.118 e. The minimum Gasteiger partial charge on any atom is -0.497 e. The molecule has 0 saturated carbocycles. The summed E-state index contributed by atoms with van der Waals surface area (Å²) in [6.07, 6.45) is 5.88. The Morgan fingerprint density at radius 2 is 1.69 bits per heavy atom. The van der Waals surface area contributed by atoms with E-state index in [1.807, 2.05) is 0 Å². The molecule has 0 aliphatic heterocycles. The SMILES string of the molecule is COc1ccc(C2CC=C(c3ccc(-c4c[c-]c(C)cc4)c(C)c3)CC2)cc1.[Y]. The van der Waals surface area contributed by atoms with Gasteiger partial charge < -0.3 is 4.74 Å². The summed E-state index contributed by atoms with van der Waals surface area (Å²) in [4.78, 5) is 0. The van der Waals surface area contributed by atoms with Crippen molar-refractivity contribution in [3.63, 3.8) is 0 Å². The van der Waals surface area contributed by atoms with Gasteiger partial charge in [0.25, 0.3) is 0 Å². The second-order valence-electron chi connectivity index (χ2n) is 7.76. The van der Waals surface area contributed by atoms with Crippen LogP contribution in [0.4, 0.5) is 0 Å². The maximum atomic E-state index is 5.28. The van der Waals surface area contributed by atoms with E-state index in [9.17, 15) is 0 Å². The Hall–Kier alpha value is -1.70. The fourth-order valence-electron chi connectivity index (χ4n) is 4.13. The fourth-order valence-corrected chi connectivity index (χ4v) is 4.13. The molecule has 1 aliphatic carbocycles. The van der Waals surface area contributed by atoms with Crippen LogP contribution in [-0.2, 0) is 32.7 Å².